The SMILES string of the molecule is COc1ccc(C(=O)Cc2cc3ccc(OC4CCN(C)CC4)c(C)c3oc2=O)cc1-c1cccc(C)c1. The Hall–Kier alpha value is -3.90. The molecule has 6 heteroatoms. The van der Waals surface area contributed by atoms with Crippen LogP contribution in [0.4, 0.5) is 0 Å². The molecule has 2 heterocycles. The van der Waals surface area contributed by atoms with E-state index in [2.05, 4.69) is 18.0 Å². The van der Waals surface area contributed by atoms with Crippen LogP contribution in [0.5, 0.6) is 11.5 Å². The molecule has 6 nitrogen and oxygen atoms in total. The number of fused-ring (bicyclic) bond motifs is 1. The van der Waals surface area contributed by atoms with Gasteiger partial charge in [0.25, 0.3) is 0 Å². The van der Waals surface area contributed by atoms with E-state index >= 15 is 0 Å². The van der Waals surface area contributed by atoms with Crippen LogP contribution in [0.1, 0.15) is 39.9 Å². The van der Waals surface area contributed by atoms with E-state index < -0.39 is 5.63 Å². The summed E-state index contributed by atoms with van der Waals surface area (Å²) in [6.45, 7) is 5.94. The maximum atomic E-state index is 13.3. The molecule has 0 aliphatic carbocycles. The fraction of sp³-hybridized carbons (Fsp3) is 0.312. The van der Waals surface area contributed by atoms with E-state index in [9.17, 15) is 9.59 Å². The molecule has 1 aliphatic rings. The predicted octanol–water partition coefficient (Wildman–Crippen LogP) is 5.98. The van der Waals surface area contributed by atoms with Gasteiger partial charge in [-0.3, -0.25) is 4.79 Å². The number of nitrogens with zero attached hydrogens (tertiary/aromatic N) is 1. The summed E-state index contributed by atoms with van der Waals surface area (Å²) in [6.07, 6.45) is 2.04. The van der Waals surface area contributed by atoms with Gasteiger partial charge >= 0.3 is 5.63 Å². The molecule has 0 saturated carbocycles. The van der Waals surface area contributed by atoms with Crippen molar-refractivity contribution in [1.82, 2.24) is 4.90 Å². The van der Waals surface area contributed by atoms with Crippen molar-refractivity contribution in [1.29, 1.82) is 0 Å². The molecule has 0 atom stereocenters. The third kappa shape index (κ3) is 5.36. The summed E-state index contributed by atoms with van der Waals surface area (Å²) in [6, 6.07) is 19.0. The summed E-state index contributed by atoms with van der Waals surface area (Å²) in [4.78, 5) is 28.5. The number of ketones is 1. The highest BCUT2D eigenvalue weighted by Gasteiger charge is 2.21. The van der Waals surface area contributed by atoms with Gasteiger partial charge < -0.3 is 18.8 Å². The van der Waals surface area contributed by atoms with Gasteiger partial charge in [-0.2, -0.15) is 0 Å². The number of carbonyl (C=O) groups is 1. The minimum absolute atomic E-state index is 0.0508. The number of aryl methyl sites for hydroxylation is 2. The average molecular weight is 512 g/mol. The van der Waals surface area contributed by atoms with Gasteiger partial charge in [0.1, 0.15) is 23.2 Å². The Morgan fingerprint density at radius 2 is 1.76 bits per heavy atom. The number of likely N-dealkylation sites (tertiary alicyclic amines) is 1. The molecule has 4 aromatic rings. The summed E-state index contributed by atoms with van der Waals surface area (Å²) >= 11 is 0. The van der Waals surface area contributed by atoms with Crippen LogP contribution >= 0.6 is 0 Å². The molecule has 0 radical (unpaired) electrons. The fourth-order valence-electron chi connectivity index (χ4n) is 5.08. The lowest BCUT2D eigenvalue weighted by Crippen LogP contribution is -2.35. The highest BCUT2D eigenvalue weighted by molar-refractivity contribution is 5.99. The van der Waals surface area contributed by atoms with Crippen LogP contribution in [-0.2, 0) is 6.42 Å². The van der Waals surface area contributed by atoms with Crippen LogP contribution in [0.15, 0.2) is 69.9 Å². The van der Waals surface area contributed by atoms with E-state index in [1.165, 1.54) is 0 Å². The third-order valence-electron chi connectivity index (χ3n) is 7.33. The summed E-state index contributed by atoms with van der Waals surface area (Å²) in [7, 11) is 3.73. The van der Waals surface area contributed by atoms with E-state index in [0.29, 0.717) is 22.5 Å². The van der Waals surface area contributed by atoms with Crippen LogP contribution in [0, 0.1) is 13.8 Å². The van der Waals surface area contributed by atoms with E-state index in [1.807, 2.05) is 50.2 Å². The first-order valence-electron chi connectivity index (χ1n) is 13.0. The van der Waals surface area contributed by atoms with Crippen molar-refractivity contribution in [2.24, 2.45) is 0 Å². The lowest BCUT2D eigenvalue weighted by molar-refractivity contribution is 0.0992. The second kappa shape index (κ2) is 10.8. The molecule has 1 aromatic heterocycles. The highest BCUT2D eigenvalue weighted by Crippen LogP contribution is 2.32. The molecule has 38 heavy (non-hydrogen) atoms. The highest BCUT2D eigenvalue weighted by atomic mass is 16.5. The minimum Gasteiger partial charge on any atom is -0.496 e. The maximum absolute atomic E-state index is 13.3. The van der Waals surface area contributed by atoms with Crippen LogP contribution in [0.3, 0.4) is 0 Å². The molecule has 1 fully saturated rings. The molecule has 3 aromatic carbocycles. The van der Waals surface area contributed by atoms with E-state index in [-0.39, 0.29) is 18.3 Å². The average Bonchev–Trinajstić information content (AvgIpc) is 2.92. The van der Waals surface area contributed by atoms with Gasteiger partial charge in [-0.05, 0) is 75.7 Å². The second-order valence-corrected chi connectivity index (χ2v) is 10.2. The number of rotatable bonds is 7. The first-order valence-corrected chi connectivity index (χ1v) is 13.0. The molecule has 1 saturated heterocycles. The fourth-order valence-corrected chi connectivity index (χ4v) is 5.08. The Morgan fingerprint density at radius 1 is 1.00 bits per heavy atom. The summed E-state index contributed by atoms with van der Waals surface area (Å²) in [5, 5.41) is 0.774. The van der Waals surface area contributed by atoms with Crippen LogP contribution in [-0.4, -0.2) is 44.0 Å². The molecule has 0 bridgehead atoms. The largest absolute Gasteiger partial charge is 0.496 e. The lowest BCUT2D eigenvalue weighted by Gasteiger charge is -2.29. The number of piperidine rings is 1. The number of methoxy groups -OCH3 is 1. The van der Waals surface area contributed by atoms with Crippen LogP contribution < -0.4 is 15.1 Å². The maximum Gasteiger partial charge on any atom is 0.339 e. The standard InChI is InChI=1S/C32H33NO5/c1-20-6-5-7-22(16-20)27-18-23(8-11-30(27)36-4)28(34)19-25-17-24-9-10-29(21(2)31(24)38-32(25)35)37-26-12-14-33(3)15-13-26/h5-11,16-18,26H,12-15,19H2,1-4H3. The minimum atomic E-state index is -0.502. The number of hydrogen-bond donors (Lipinski definition) is 0. The van der Waals surface area contributed by atoms with Gasteiger partial charge in [0.05, 0.1) is 7.11 Å². The number of benzene rings is 3. The molecule has 0 unspecified atom stereocenters. The van der Waals surface area contributed by atoms with Crippen molar-refractivity contribution >= 4 is 16.8 Å². The molecule has 0 spiro atoms. The molecular weight excluding hydrogens is 478 g/mol. The van der Waals surface area contributed by atoms with Crippen molar-refractivity contribution in [3.63, 3.8) is 0 Å². The van der Waals surface area contributed by atoms with Crippen LogP contribution in [0.2, 0.25) is 0 Å². The Kier molecular flexibility index (Phi) is 7.34. The Labute approximate surface area is 222 Å². The van der Waals surface area contributed by atoms with Gasteiger partial charge in [0.15, 0.2) is 5.78 Å². The number of ether oxygens (including phenoxy) is 2. The van der Waals surface area contributed by atoms with Crippen LogP contribution in [0.25, 0.3) is 22.1 Å². The van der Waals surface area contributed by atoms with Crippen molar-refractivity contribution in [2.45, 2.75) is 39.2 Å². The Bertz CT molecular complexity index is 1550. The zero-order valence-corrected chi connectivity index (χ0v) is 22.4. The number of carbonyl (C=O) groups excluding carboxylic acids is 1. The Balaban J connectivity index is 1.40. The summed E-state index contributed by atoms with van der Waals surface area (Å²) in [5.41, 5.74) is 4.56. The first kappa shape index (κ1) is 25.7. The Morgan fingerprint density at radius 3 is 2.50 bits per heavy atom. The molecule has 5 rings (SSSR count). The molecule has 196 valence electrons. The zero-order valence-electron chi connectivity index (χ0n) is 22.4. The topological polar surface area (TPSA) is 69.0 Å². The number of hydrogen-bond acceptors (Lipinski definition) is 6. The first-order chi connectivity index (χ1) is 18.3. The quantitative estimate of drug-likeness (QED) is 0.224. The van der Waals surface area contributed by atoms with E-state index in [4.69, 9.17) is 13.9 Å². The normalized spacial score (nSPS) is 14.5. The molecule has 0 N–H and O–H groups in total. The molecule has 1 aliphatic heterocycles. The van der Waals surface area contributed by atoms with Crippen molar-refractivity contribution < 1.29 is 18.7 Å². The van der Waals surface area contributed by atoms with Crippen molar-refractivity contribution in [3.05, 3.63) is 93.3 Å². The summed E-state index contributed by atoms with van der Waals surface area (Å²) < 4.78 is 17.5. The van der Waals surface area contributed by atoms with Gasteiger partial charge in [0.2, 0.25) is 0 Å². The van der Waals surface area contributed by atoms with Gasteiger partial charge in [0, 0.05) is 47.2 Å². The molecule has 0 amide bonds. The van der Waals surface area contributed by atoms with Gasteiger partial charge in [-0.1, -0.05) is 29.8 Å². The van der Waals surface area contributed by atoms with Gasteiger partial charge in [-0.15, -0.1) is 0 Å². The monoisotopic (exact) mass is 511 g/mol. The van der Waals surface area contributed by atoms with Crippen molar-refractivity contribution in [3.8, 4) is 22.6 Å². The predicted molar refractivity (Wildman–Crippen MR) is 150 cm³/mol. The third-order valence-corrected chi connectivity index (χ3v) is 7.33. The lowest BCUT2D eigenvalue weighted by atomic mass is 9.96. The smallest absolute Gasteiger partial charge is 0.339 e. The second-order valence-electron chi connectivity index (χ2n) is 10.2. The van der Waals surface area contributed by atoms with E-state index in [1.54, 1.807) is 25.3 Å². The number of Topliss-reactive ketones (excluding diaryl/α,β-unsaturated/α-hetero) is 1. The summed E-state index contributed by atoms with van der Waals surface area (Å²) in [5.74, 6) is 1.26. The van der Waals surface area contributed by atoms with E-state index in [0.717, 1.165) is 59.3 Å². The zero-order chi connectivity index (χ0) is 26.8. The van der Waals surface area contributed by atoms with Crippen molar-refractivity contribution in [2.75, 3.05) is 27.2 Å². The molecular formula is C32H33NO5. The van der Waals surface area contributed by atoms with Gasteiger partial charge in [-0.25, -0.2) is 4.79 Å².